The predicted octanol–water partition coefficient (Wildman–Crippen LogP) is 2.43. The van der Waals surface area contributed by atoms with Crippen molar-refractivity contribution in [3.63, 3.8) is 0 Å². The van der Waals surface area contributed by atoms with E-state index in [-0.39, 0.29) is 5.56 Å². The first-order valence-corrected chi connectivity index (χ1v) is 8.78. The van der Waals surface area contributed by atoms with Crippen LogP contribution in [0.4, 0.5) is 0 Å². The molecule has 0 saturated carbocycles. The van der Waals surface area contributed by atoms with E-state index in [4.69, 9.17) is 0 Å². The lowest BCUT2D eigenvalue weighted by Crippen LogP contribution is -2.15. The normalized spacial score (nSPS) is 12.6. The van der Waals surface area contributed by atoms with Crippen LogP contribution in [0.3, 0.4) is 0 Å². The van der Waals surface area contributed by atoms with Crippen molar-refractivity contribution in [3.05, 3.63) is 63.0 Å². The molecule has 2 aromatic heterocycles. The monoisotopic (exact) mass is 333 g/mol. The van der Waals surface area contributed by atoms with Crippen LogP contribution in [0, 0.1) is 6.92 Å². The van der Waals surface area contributed by atoms with Gasteiger partial charge in [0.05, 0.1) is 11.8 Å². The van der Waals surface area contributed by atoms with Crippen molar-refractivity contribution in [2.24, 2.45) is 0 Å². The zero-order valence-corrected chi connectivity index (χ0v) is 13.6. The fourth-order valence-corrected chi connectivity index (χ4v) is 3.73. The summed E-state index contributed by atoms with van der Waals surface area (Å²) in [6.07, 6.45) is -0.512. The van der Waals surface area contributed by atoms with E-state index in [0.717, 1.165) is 16.3 Å². The maximum Gasteiger partial charge on any atom is 0.275 e. The van der Waals surface area contributed by atoms with Crippen molar-refractivity contribution < 1.29 is 5.11 Å². The number of hydrogen-bond acceptors (Lipinski definition) is 6. The van der Waals surface area contributed by atoms with Crippen molar-refractivity contribution in [1.82, 2.24) is 14.6 Å². The van der Waals surface area contributed by atoms with Crippen LogP contribution in [0.5, 0.6) is 0 Å². The third kappa shape index (κ3) is 3.37. The quantitative estimate of drug-likeness (QED) is 0.777. The summed E-state index contributed by atoms with van der Waals surface area (Å²) in [5, 5.41) is 15.0. The van der Waals surface area contributed by atoms with E-state index in [0.29, 0.717) is 16.5 Å². The molecule has 0 fully saturated rings. The Morgan fingerprint density at radius 2 is 2.14 bits per heavy atom. The standard InChI is InChI=1S/C15H15N3O2S2/c1-10-17-18-14(20)7-12(16-15(18)22-10)8-21-9-13(19)11-5-3-2-4-6-11/h2-7,13,19H,8-9H2,1H3/t13-/m1/s1. The summed E-state index contributed by atoms with van der Waals surface area (Å²) in [4.78, 5) is 17.0. The second kappa shape index (κ2) is 6.60. The molecule has 3 aromatic rings. The summed E-state index contributed by atoms with van der Waals surface area (Å²) in [6.45, 7) is 1.85. The molecule has 0 radical (unpaired) electrons. The van der Waals surface area contributed by atoms with Crippen LogP contribution in [-0.4, -0.2) is 25.5 Å². The number of aryl methyl sites for hydroxylation is 1. The topological polar surface area (TPSA) is 67.5 Å². The third-order valence-corrected chi connectivity index (χ3v) is 4.98. The molecule has 114 valence electrons. The largest absolute Gasteiger partial charge is 0.388 e. The van der Waals surface area contributed by atoms with Gasteiger partial charge in [-0.05, 0) is 12.5 Å². The van der Waals surface area contributed by atoms with Gasteiger partial charge in [-0.25, -0.2) is 4.98 Å². The van der Waals surface area contributed by atoms with Crippen LogP contribution < -0.4 is 5.56 Å². The summed E-state index contributed by atoms with van der Waals surface area (Å²) in [5.74, 6) is 1.15. The van der Waals surface area contributed by atoms with E-state index < -0.39 is 6.10 Å². The zero-order chi connectivity index (χ0) is 15.5. The molecule has 5 nitrogen and oxygen atoms in total. The smallest absolute Gasteiger partial charge is 0.275 e. The van der Waals surface area contributed by atoms with E-state index in [1.165, 1.54) is 21.9 Å². The average Bonchev–Trinajstić information content (AvgIpc) is 2.89. The van der Waals surface area contributed by atoms with E-state index in [1.807, 2.05) is 37.3 Å². The summed E-state index contributed by atoms with van der Waals surface area (Å²) in [6, 6.07) is 11.1. The van der Waals surface area contributed by atoms with Crippen molar-refractivity contribution in [3.8, 4) is 0 Å². The van der Waals surface area contributed by atoms with Crippen LogP contribution >= 0.6 is 23.1 Å². The van der Waals surface area contributed by atoms with Crippen LogP contribution in [0.1, 0.15) is 22.4 Å². The average molecular weight is 333 g/mol. The minimum absolute atomic E-state index is 0.159. The Labute approximate surface area is 135 Å². The number of rotatable bonds is 5. The van der Waals surface area contributed by atoms with Gasteiger partial charge < -0.3 is 5.11 Å². The number of thioether (sulfide) groups is 1. The number of hydrogen-bond donors (Lipinski definition) is 1. The Bertz CT molecular complexity index is 830. The van der Waals surface area contributed by atoms with Crippen LogP contribution in [0.15, 0.2) is 41.2 Å². The van der Waals surface area contributed by atoms with Gasteiger partial charge in [-0.2, -0.15) is 21.4 Å². The molecule has 0 unspecified atom stereocenters. The summed E-state index contributed by atoms with van der Waals surface area (Å²) in [5.41, 5.74) is 1.46. The molecule has 0 aliphatic heterocycles. The molecule has 7 heteroatoms. The minimum atomic E-state index is -0.512. The maximum absolute atomic E-state index is 11.9. The van der Waals surface area contributed by atoms with Gasteiger partial charge in [0.25, 0.3) is 5.56 Å². The fourth-order valence-electron chi connectivity index (χ4n) is 2.07. The fraction of sp³-hybridized carbons (Fsp3) is 0.267. The highest BCUT2D eigenvalue weighted by Crippen LogP contribution is 2.20. The molecule has 2 heterocycles. The molecular weight excluding hydrogens is 318 g/mol. The second-order valence-corrected chi connectivity index (χ2v) is 7.03. The molecule has 1 N–H and O–H groups in total. The summed E-state index contributed by atoms with van der Waals surface area (Å²) >= 11 is 2.96. The van der Waals surface area contributed by atoms with Gasteiger partial charge in [-0.1, -0.05) is 41.7 Å². The van der Waals surface area contributed by atoms with Gasteiger partial charge in [0, 0.05) is 17.6 Å². The molecule has 0 saturated heterocycles. The molecule has 1 atom stereocenters. The maximum atomic E-state index is 11.9. The molecule has 3 rings (SSSR count). The molecule has 22 heavy (non-hydrogen) atoms. The van der Waals surface area contributed by atoms with E-state index in [1.54, 1.807) is 11.8 Å². The Kier molecular flexibility index (Phi) is 4.56. The molecule has 0 amide bonds. The number of aliphatic hydroxyl groups is 1. The lowest BCUT2D eigenvalue weighted by molar-refractivity contribution is 0.204. The van der Waals surface area contributed by atoms with Crippen molar-refractivity contribution >= 4 is 28.1 Å². The van der Waals surface area contributed by atoms with Gasteiger partial charge in [-0.3, -0.25) is 4.79 Å². The Hall–Kier alpha value is -1.70. The van der Waals surface area contributed by atoms with Gasteiger partial charge in [0.15, 0.2) is 0 Å². The van der Waals surface area contributed by atoms with Gasteiger partial charge in [0.2, 0.25) is 4.96 Å². The Morgan fingerprint density at radius 3 is 2.91 bits per heavy atom. The molecular formula is C15H15N3O2S2. The molecule has 0 aliphatic rings. The predicted molar refractivity (Wildman–Crippen MR) is 89.4 cm³/mol. The Morgan fingerprint density at radius 1 is 1.36 bits per heavy atom. The molecule has 0 bridgehead atoms. The number of nitrogens with zero attached hydrogens (tertiary/aromatic N) is 3. The van der Waals surface area contributed by atoms with Gasteiger partial charge >= 0.3 is 0 Å². The molecule has 1 aromatic carbocycles. The third-order valence-electron chi connectivity index (χ3n) is 3.11. The lowest BCUT2D eigenvalue weighted by Gasteiger charge is -2.10. The van der Waals surface area contributed by atoms with Crippen molar-refractivity contribution in [1.29, 1.82) is 0 Å². The van der Waals surface area contributed by atoms with Crippen LogP contribution in [-0.2, 0) is 5.75 Å². The Balaban J connectivity index is 1.65. The summed E-state index contributed by atoms with van der Waals surface area (Å²) in [7, 11) is 0. The number of aromatic nitrogens is 3. The van der Waals surface area contributed by atoms with Crippen LogP contribution in [0.2, 0.25) is 0 Å². The van der Waals surface area contributed by atoms with E-state index >= 15 is 0 Å². The van der Waals surface area contributed by atoms with Gasteiger partial charge in [0.1, 0.15) is 5.01 Å². The lowest BCUT2D eigenvalue weighted by atomic mass is 10.1. The first-order chi connectivity index (χ1) is 10.6. The van der Waals surface area contributed by atoms with Gasteiger partial charge in [-0.15, -0.1) is 0 Å². The highest BCUT2D eigenvalue weighted by atomic mass is 32.2. The van der Waals surface area contributed by atoms with E-state index in [9.17, 15) is 9.90 Å². The van der Waals surface area contributed by atoms with Crippen molar-refractivity contribution in [2.75, 3.05) is 5.75 Å². The first kappa shape index (κ1) is 15.2. The molecule has 0 aliphatic carbocycles. The summed E-state index contributed by atoms with van der Waals surface area (Å²) < 4.78 is 1.33. The number of fused-ring (bicyclic) bond motifs is 1. The SMILES string of the molecule is Cc1nn2c(=O)cc(CSC[C@@H](O)c3ccccc3)nc2s1. The highest BCUT2D eigenvalue weighted by Gasteiger charge is 2.09. The first-order valence-electron chi connectivity index (χ1n) is 6.80. The zero-order valence-electron chi connectivity index (χ0n) is 12.0. The highest BCUT2D eigenvalue weighted by molar-refractivity contribution is 7.98. The van der Waals surface area contributed by atoms with Crippen molar-refractivity contribution in [2.45, 2.75) is 18.8 Å². The number of benzene rings is 1. The number of aliphatic hydroxyl groups excluding tert-OH is 1. The minimum Gasteiger partial charge on any atom is -0.388 e. The molecule has 0 spiro atoms. The van der Waals surface area contributed by atoms with Crippen LogP contribution in [0.25, 0.3) is 4.96 Å². The van der Waals surface area contributed by atoms with E-state index in [2.05, 4.69) is 10.1 Å². The second-order valence-electron chi connectivity index (χ2n) is 4.84.